The fourth-order valence-corrected chi connectivity index (χ4v) is 1.17. The van der Waals surface area contributed by atoms with Crippen molar-refractivity contribution in [1.29, 1.82) is 0 Å². The molecule has 0 unspecified atom stereocenters. The van der Waals surface area contributed by atoms with E-state index in [1.165, 1.54) is 0 Å². The molecule has 12 heavy (non-hydrogen) atoms. The van der Waals surface area contributed by atoms with Gasteiger partial charge < -0.3 is 5.11 Å². The minimum Gasteiger partial charge on any atom is -0.387 e. The summed E-state index contributed by atoms with van der Waals surface area (Å²) in [6.07, 6.45) is 1.38. The molecule has 2 nitrogen and oxygen atoms in total. The molecule has 0 aliphatic heterocycles. The van der Waals surface area contributed by atoms with E-state index in [2.05, 4.69) is 11.9 Å². The Kier molecular flexibility index (Phi) is 3.23. The first-order chi connectivity index (χ1) is 5.74. The van der Waals surface area contributed by atoms with Crippen LogP contribution in [-0.4, -0.2) is 10.1 Å². The molecule has 1 atom stereocenters. The Labute approximate surface area is 73.3 Å². The van der Waals surface area contributed by atoms with Gasteiger partial charge in [0.2, 0.25) is 0 Å². The summed E-state index contributed by atoms with van der Waals surface area (Å²) in [5.41, 5.74) is 1.75. The van der Waals surface area contributed by atoms with Crippen molar-refractivity contribution in [1.82, 2.24) is 4.98 Å². The number of nitrogens with zero attached hydrogens (tertiary/aromatic N) is 1. The van der Waals surface area contributed by atoms with E-state index in [1.54, 1.807) is 0 Å². The van der Waals surface area contributed by atoms with E-state index in [-0.39, 0.29) is 0 Å². The van der Waals surface area contributed by atoms with Crippen LogP contribution < -0.4 is 0 Å². The summed E-state index contributed by atoms with van der Waals surface area (Å²) in [6, 6.07) is 5.73. The Morgan fingerprint density at radius 1 is 1.50 bits per heavy atom. The number of pyridine rings is 1. The fraction of sp³-hybridized carbons (Fsp3) is 0.500. The second-order valence-electron chi connectivity index (χ2n) is 3.01. The molecule has 0 aliphatic carbocycles. The maximum atomic E-state index is 9.58. The first kappa shape index (κ1) is 9.20. The molecule has 66 valence electrons. The third-order valence-corrected chi connectivity index (χ3v) is 1.81. The Morgan fingerprint density at radius 2 is 2.25 bits per heavy atom. The third kappa shape index (κ3) is 2.31. The van der Waals surface area contributed by atoms with Crippen molar-refractivity contribution in [3.8, 4) is 0 Å². The molecular formula is C10H15NO. The quantitative estimate of drug-likeness (QED) is 0.745. The Balaban J connectivity index is 2.73. The van der Waals surface area contributed by atoms with Gasteiger partial charge in [-0.1, -0.05) is 19.4 Å². The third-order valence-electron chi connectivity index (χ3n) is 1.81. The largest absolute Gasteiger partial charge is 0.387 e. The van der Waals surface area contributed by atoms with Crippen LogP contribution in [0, 0.1) is 6.92 Å². The van der Waals surface area contributed by atoms with Crippen LogP contribution in [0.2, 0.25) is 0 Å². The van der Waals surface area contributed by atoms with Crippen molar-refractivity contribution < 1.29 is 5.11 Å². The molecule has 1 N–H and O–H groups in total. The van der Waals surface area contributed by atoms with Gasteiger partial charge in [-0.25, -0.2) is 0 Å². The summed E-state index contributed by atoms with van der Waals surface area (Å²) in [4.78, 5) is 4.24. The number of aryl methyl sites for hydroxylation is 1. The zero-order chi connectivity index (χ0) is 8.97. The summed E-state index contributed by atoms with van der Waals surface area (Å²) >= 11 is 0. The molecule has 0 spiro atoms. The predicted molar refractivity (Wildman–Crippen MR) is 48.8 cm³/mol. The van der Waals surface area contributed by atoms with Crippen LogP contribution in [0.5, 0.6) is 0 Å². The van der Waals surface area contributed by atoms with Gasteiger partial charge in [0.15, 0.2) is 0 Å². The molecule has 0 saturated heterocycles. The molecule has 0 aliphatic rings. The maximum Gasteiger partial charge on any atom is 0.0959 e. The number of aliphatic hydroxyl groups excluding tert-OH is 1. The number of rotatable bonds is 3. The first-order valence-corrected chi connectivity index (χ1v) is 4.35. The summed E-state index contributed by atoms with van der Waals surface area (Å²) in [5.74, 6) is 0. The molecule has 0 radical (unpaired) electrons. The van der Waals surface area contributed by atoms with Gasteiger partial charge in [-0.3, -0.25) is 4.98 Å². The lowest BCUT2D eigenvalue weighted by molar-refractivity contribution is 0.161. The van der Waals surface area contributed by atoms with Crippen molar-refractivity contribution in [3.63, 3.8) is 0 Å². The van der Waals surface area contributed by atoms with E-state index in [1.807, 2.05) is 25.1 Å². The Morgan fingerprint density at radius 3 is 2.83 bits per heavy atom. The van der Waals surface area contributed by atoms with Gasteiger partial charge in [-0.05, 0) is 25.5 Å². The van der Waals surface area contributed by atoms with Crippen molar-refractivity contribution in [2.75, 3.05) is 0 Å². The molecule has 1 aromatic heterocycles. The molecule has 1 heterocycles. The predicted octanol–water partition coefficient (Wildman–Crippen LogP) is 2.22. The topological polar surface area (TPSA) is 33.1 Å². The van der Waals surface area contributed by atoms with E-state index in [4.69, 9.17) is 0 Å². The number of aromatic nitrogens is 1. The highest BCUT2D eigenvalue weighted by molar-refractivity contribution is 5.11. The summed E-state index contributed by atoms with van der Waals surface area (Å²) in [7, 11) is 0. The lowest BCUT2D eigenvalue weighted by Crippen LogP contribution is -2.00. The minimum absolute atomic E-state index is 0.394. The van der Waals surface area contributed by atoms with Gasteiger partial charge in [0.05, 0.1) is 11.8 Å². The highest BCUT2D eigenvalue weighted by Gasteiger charge is 2.06. The van der Waals surface area contributed by atoms with E-state index in [0.29, 0.717) is 0 Å². The highest BCUT2D eigenvalue weighted by Crippen LogP contribution is 2.15. The van der Waals surface area contributed by atoms with Crippen molar-refractivity contribution in [3.05, 3.63) is 29.6 Å². The standard InChI is InChI=1S/C10H15NO/c1-3-5-10(12)9-7-4-6-8(2)11-9/h4,6-7,10,12H,3,5H2,1-2H3/t10-/m0/s1. The molecule has 0 aromatic carbocycles. The van der Waals surface area contributed by atoms with Crippen molar-refractivity contribution >= 4 is 0 Å². The molecule has 0 amide bonds. The minimum atomic E-state index is -0.394. The lowest BCUT2D eigenvalue weighted by atomic mass is 10.1. The highest BCUT2D eigenvalue weighted by atomic mass is 16.3. The molecule has 0 saturated carbocycles. The average Bonchev–Trinajstić information content (AvgIpc) is 2.05. The number of aliphatic hydroxyl groups is 1. The van der Waals surface area contributed by atoms with Gasteiger partial charge >= 0.3 is 0 Å². The molecule has 0 bridgehead atoms. The van der Waals surface area contributed by atoms with E-state index < -0.39 is 6.10 Å². The molecular weight excluding hydrogens is 150 g/mol. The lowest BCUT2D eigenvalue weighted by Gasteiger charge is -2.08. The number of hydrogen-bond acceptors (Lipinski definition) is 2. The van der Waals surface area contributed by atoms with Crippen molar-refractivity contribution in [2.24, 2.45) is 0 Å². The SMILES string of the molecule is CCC[C@H](O)c1cccc(C)n1. The van der Waals surface area contributed by atoms with Crippen LogP contribution in [0.4, 0.5) is 0 Å². The number of hydrogen-bond donors (Lipinski definition) is 1. The zero-order valence-electron chi connectivity index (χ0n) is 7.62. The van der Waals surface area contributed by atoms with E-state index in [9.17, 15) is 5.11 Å². The Hall–Kier alpha value is -0.890. The first-order valence-electron chi connectivity index (χ1n) is 4.35. The van der Waals surface area contributed by atoms with Crippen LogP contribution in [0.25, 0.3) is 0 Å². The normalized spacial score (nSPS) is 12.9. The molecule has 2 heteroatoms. The van der Waals surface area contributed by atoms with Gasteiger partial charge in [-0.15, -0.1) is 0 Å². The fourth-order valence-electron chi connectivity index (χ4n) is 1.17. The molecule has 1 aromatic rings. The van der Waals surface area contributed by atoms with Gasteiger partial charge in [-0.2, -0.15) is 0 Å². The van der Waals surface area contributed by atoms with Gasteiger partial charge in [0.25, 0.3) is 0 Å². The molecule has 1 rings (SSSR count). The van der Waals surface area contributed by atoms with Crippen molar-refractivity contribution in [2.45, 2.75) is 32.8 Å². The van der Waals surface area contributed by atoms with E-state index >= 15 is 0 Å². The Bertz CT molecular complexity index is 247. The average molecular weight is 165 g/mol. The summed E-state index contributed by atoms with van der Waals surface area (Å²) < 4.78 is 0. The monoisotopic (exact) mass is 165 g/mol. The zero-order valence-corrected chi connectivity index (χ0v) is 7.62. The van der Waals surface area contributed by atoms with Crippen LogP contribution >= 0.6 is 0 Å². The van der Waals surface area contributed by atoms with Crippen LogP contribution in [0.3, 0.4) is 0 Å². The second kappa shape index (κ2) is 4.21. The molecule has 0 fully saturated rings. The smallest absolute Gasteiger partial charge is 0.0959 e. The van der Waals surface area contributed by atoms with Gasteiger partial charge in [0, 0.05) is 5.69 Å². The van der Waals surface area contributed by atoms with Gasteiger partial charge in [0.1, 0.15) is 0 Å². The van der Waals surface area contributed by atoms with E-state index in [0.717, 1.165) is 24.2 Å². The summed E-state index contributed by atoms with van der Waals surface area (Å²) in [5, 5.41) is 9.58. The maximum absolute atomic E-state index is 9.58. The van der Waals surface area contributed by atoms with Crippen LogP contribution in [0.15, 0.2) is 18.2 Å². The second-order valence-corrected chi connectivity index (χ2v) is 3.01. The van der Waals surface area contributed by atoms with Crippen LogP contribution in [0.1, 0.15) is 37.3 Å². The van der Waals surface area contributed by atoms with Crippen LogP contribution in [-0.2, 0) is 0 Å². The summed E-state index contributed by atoms with van der Waals surface area (Å²) in [6.45, 7) is 3.99.